The highest BCUT2D eigenvalue weighted by atomic mass is 16.6. The second-order valence-electron chi connectivity index (χ2n) is 2.29. The number of ether oxygens (including phenoxy) is 1. The summed E-state index contributed by atoms with van der Waals surface area (Å²) in [5.74, 6) is -0.784. The predicted octanol–water partition coefficient (Wildman–Crippen LogP) is 1.07. The van der Waals surface area contributed by atoms with Crippen LogP contribution in [0.4, 0.5) is 0 Å². The van der Waals surface area contributed by atoms with E-state index in [1.165, 1.54) is 12.3 Å². The van der Waals surface area contributed by atoms with E-state index in [2.05, 4.69) is 4.74 Å². The molecule has 14 heavy (non-hydrogen) atoms. The summed E-state index contributed by atoms with van der Waals surface area (Å²) in [5, 5.41) is 10.4. The summed E-state index contributed by atoms with van der Waals surface area (Å²) >= 11 is 0. The molecule has 1 rings (SSSR count). The van der Waals surface area contributed by atoms with Crippen molar-refractivity contribution in [3.05, 3.63) is 40.0 Å². The highest BCUT2D eigenvalue weighted by Gasteiger charge is 2.22. The normalized spacial score (nSPS) is 11.1. The second-order valence-corrected chi connectivity index (χ2v) is 2.29. The maximum Gasteiger partial charge on any atom is 0.409 e. The summed E-state index contributed by atoms with van der Waals surface area (Å²) < 4.78 is 9.05. The van der Waals surface area contributed by atoms with Crippen LogP contribution in [0.15, 0.2) is 28.5 Å². The van der Waals surface area contributed by atoms with Gasteiger partial charge in [0.25, 0.3) is 0 Å². The molecule has 0 amide bonds. The third-order valence-corrected chi connectivity index (χ3v) is 1.41. The van der Waals surface area contributed by atoms with Gasteiger partial charge < -0.3 is 9.15 Å². The zero-order valence-electron chi connectivity index (χ0n) is 7.30. The van der Waals surface area contributed by atoms with E-state index in [-0.39, 0.29) is 5.76 Å². The molecule has 0 aliphatic rings. The molecule has 74 valence electrons. The third kappa shape index (κ3) is 2.19. The van der Waals surface area contributed by atoms with E-state index in [0.717, 1.165) is 13.2 Å². The van der Waals surface area contributed by atoms with Crippen molar-refractivity contribution < 1.29 is 18.9 Å². The number of hydrogen-bond acceptors (Lipinski definition) is 5. The van der Waals surface area contributed by atoms with Crippen molar-refractivity contribution in [2.24, 2.45) is 0 Å². The van der Waals surface area contributed by atoms with E-state index in [0.29, 0.717) is 0 Å². The van der Waals surface area contributed by atoms with Gasteiger partial charge in [0.2, 0.25) is 0 Å². The lowest BCUT2D eigenvalue weighted by Gasteiger charge is -1.94. The number of methoxy groups -OCH3 is 1. The standard InChI is InChI=1S/C8H7NO5/c1-13-8(10)7(9(11)12)5-6-3-2-4-14-6/h2-5H,1H3/b7-5-. The minimum Gasteiger partial charge on any atom is -0.465 e. The van der Waals surface area contributed by atoms with Crippen LogP contribution in [0.1, 0.15) is 5.76 Å². The van der Waals surface area contributed by atoms with E-state index in [4.69, 9.17) is 4.42 Å². The van der Waals surface area contributed by atoms with E-state index in [9.17, 15) is 14.9 Å². The molecule has 0 N–H and O–H groups in total. The number of carbonyl (C=O) groups is 1. The van der Waals surface area contributed by atoms with Gasteiger partial charge in [-0.1, -0.05) is 0 Å². The smallest absolute Gasteiger partial charge is 0.409 e. The summed E-state index contributed by atoms with van der Waals surface area (Å²) in [6, 6.07) is 3.05. The summed E-state index contributed by atoms with van der Waals surface area (Å²) in [7, 11) is 1.07. The second kappa shape index (κ2) is 4.22. The molecule has 6 heteroatoms. The largest absolute Gasteiger partial charge is 0.465 e. The SMILES string of the molecule is COC(=O)/C(=C/c1ccco1)[N+](=O)[O-]. The Morgan fingerprint density at radius 3 is 2.86 bits per heavy atom. The lowest BCUT2D eigenvalue weighted by molar-refractivity contribution is -0.419. The Morgan fingerprint density at radius 2 is 2.43 bits per heavy atom. The van der Waals surface area contributed by atoms with Crippen molar-refractivity contribution >= 4 is 12.0 Å². The van der Waals surface area contributed by atoms with E-state index in [1.54, 1.807) is 6.07 Å². The molecule has 6 nitrogen and oxygen atoms in total. The van der Waals surface area contributed by atoms with Gasteiger partial charge in [0.15, 0.2) is 0 Å². The van der Waals surface area contributed by atoms with Crippen LogP contribution >= 0.6 is 0 Å². The van der Waals surface area contributed by atoms with Crippen LogP contribution in [-0.4, -0.2) is 18.0 Å². The molecule has 0 aliphatic heterocycles. The minimum atomic E-state index is -1.01. The molecule has 1 aromatic rings. The maximum atomic E-state index is 10.9. The van der Waals surface area contributed by atoms with Gasteiger partial charge in [0.1, 0.15) is 5.76 Å². The first-order valence-corrected chi connectivity index (χ1v) is 3.63. The number of esters is 1. The fourth-order valence-electron chi connectivity index (χ4n) is 0.799. The van der Waals surface area contributed by atoms with E-state index in [1.807, 2.05) is 0 Å². The third-order valence-electron chi connectivity index (χ3n) is 1.41. The van der Waals surface area contributed by atoms with Crippen molar-refractivity contribution in [2.75, 3.05) is 7.11 Å². The number of furan rings is 1. The Morgan fingerprint density at radius 1 is 1.71 bits per heavy atom. The summed E-state index contributed by atoms with van der Waals surface area (Å²) in [6.07, 6.45) is 2.35. The van der Waals surface area contributed by atoms with Crippen LogP contribution in [0, 0.1) is 10.1 Å². The van der Waals surface area contributed by atoms with Gasteiger partial charge >= 0.3 is 11.7 Å². The lowest BCUT2D eigenvalue weighted by atomic mass is 10.3. The predicted molar refractivity (Wildman–Crippen MR) is 45.7 cm³/mol. The summed E-state index contributed by atoms with van der Waals surface area (Å²) in [5.41, 5.74) is -0.664. The van der Waals surface area contributed by atoms with E-state index >= 15 is 0 Å². The van der Waals surface area contributed by atoms with Crippen molar-refractivity contribution in [1.82, 2.24) is 0 Å². The van der Waals surface area contributed by atoms with Crippen LogP contribution in [0.25, 0.3) is 6.08 Å². The molecule has 0 fully saturated rings. The Kier molecular flexibility index (Phi) is 3.01. The quantitative estimate of drug-likeness (QED) is 0.313. The molecule has 0 aliphatic carbocycles. The Balaban J connectivity index is 2.99. The van der Waals surface area contributed by atoms with Crippen LogP contribution < -0.4 is 0 Å². The Labute approximate surface area is 78.9 Å². The van der Waals surface area contributed by atoms with Crippen molar-refractivity contribution in [2.45, 2.75) is 0 Å². The first kappa shape index (κ1) is 9.97. The zero-order chi connectivity index (χ0) is 10.6. The van der Waals surface area contributed by atoms with Gasteiger partial charge in [-0.15, -0.1) is 0 Å². The number of nitrogens with zero attached hydrogens (tertiary/aromatic N) is 1. The highest BCUT2D eigenvalue weighted by molar-refractivity contribution is 5.90. The average molecular weight is 197 g/mol. The van der Waals surface area contributed by atoms with Crippen LogP contribution in [0.2, 0.25) is 0 Å². The van der Waals surface area contributed by atoms with Gasteiger partial charge in [0, 0.05) is 0 Å². The van der Waals surface area contributed by atoms with Gasteiger partial charge in [-0.25, -0.2) is 4.79 Å². The Bertz CT molecular complexity index is 365. The van der Waals surface area contributed by atoms with Crippen molar-refractivity contribution in [3.8, 4) is 0 Å². The molecule has 1 aromatic heterocycles. The highest BCUT2D eigenvalue weighted by Crippen LogP contribution is 2.08. The molecule has 0 saturated heterocycles. The van der Waals surface area contributed by atoms with Crippen molar-refractivity contribution in [1.29, 1.82) is 0 Å². The van der Waals surface area contributed by atoms with E-state index < -0.39 is 16.6 Å². The molecular weight excluding hydrogens is 190 g/mol. The monoisotopic (exact) mass is 197 g/mol. The molecule has 0 saturated carbocycles. The number of nitro groups is 1. The number of rotatable bonds is 3. The zero-order valence-corrected chi connectivity index (χ0v) is 7.30. The Hall–Kier alpha value is -2.11. The number of hydrogen-bond donors (Lipinski definition) is 0. The molecular formula is C8H7NO5. The first-order chi connectivity index (χ1) is 6.65. The van der Waals surface area contributed by atoms with Gasteiger partial charge in [-0.2, -0.15) is 0 Å². The fourth-order valence-corrected chi connectivity index (χ4v) is 0.799. The van der Waals surface area contributed by atoms with Crippen molar-refractivity contribution in [3.63, 3.8) is 0 Å². The minimum absolute atomic E-state index is 0.224. The summed E-state index contributed by atoms with van der Waals surface area (Å²) in [4.78, 5) is 20.5. The molecule has 0 atom stereocenters. The van der Waals surface area contributed by atoms with Gasteiger partial charge in [-0.05, 0) is 12.1 Å². The van der Waals surface area contributed by atoms with Crippen LogP contribution in [0.3, 0.4) is 0 Å². The average Bonchev–Trinajstić information content (AvgIpc) is 2.65. The first-order valence-electron chi connectivity index (χ1n) is 3.63. The molecule has 0 radical (unpaired) electrons. The molecule has 0 spiro atoms. The van der Waals surface area contributed by atoms with Gasteiger partial charge in [0.05, 0.1) is 24.4 Å². The van der Waals surface area contributed by atoms with Gasteiger partial charge in [-0.3, -0.25) is 10.1 Å². The molecule has 0 bridgehead atoms. The molecule has 0 aromatic carbocycles. The van der Waals surface area contributed by atoms with Crippen LogP contribution in [0.5, 0.6) is 0 Å². The maximum absolute atomic E-state index is 10.9. The topological polar surface area (TPSA) is 82.6 Å². The summed E-state index contributed by atoms with van der Waals surface area (Å²) in [6.45, 7) is 0. The molecule has 1 heterocycles. The van der Waals surface area contributed by atoms with Crippen LogP contribution in [-0.2, 0) is 9.53 Å². The molecule has 0 unspecified atom stereocenters. The fraction of sp³-hybridized carbons (Fsp3) is 0.125. The number of carbonyl (C=O) groups excluding carboxylic acids is 1. The lowest BCUT2D eigenvalue weighted by Crippen LogP contribution is -2.12.